The van der Waals surface area contributed by atoms with Crippen LogP contribution in [-0.4, -0.2) is 72.8 Å². The second-order valence-corrected chi connectivity index (χ2v) is 9.30. The lowest BCUT2D eigenvalue weighted by molar-refractivity contribution is 0.0364. The van der Waals surface area contributed by atoms with Gasteiger partial charge in [0.1, 0.15) is 0 Å². The number of aryl methyl sites for hydroxylation is 1. The first-order valence-electron chi connectivity index (χ1n) is 12.6. The van der Waals surface area contributed by atoms with Crippen LogP contribution in [0, 0.1) is 6.92 Å². The lowest BCUT2D eigenvalue weighted by atomic mass is 10.0. The summed E-state index contributed by atoms with van der Waals surface area (Å²) >= 11 is 0. The Kier molecular flexibility index (Phi) is 8.92. The van der Waals surface area contributed by atoms with E-state index in [9.17, 15) is 14.7 Å². The van der Waals surface area contributed by atoms with Crippen LogP contribution in [0.15, 0.2) is 60.7 Å². The Hall–Kier alpha value is -3.42. The van der Waals surface area contributed by atoms with Gasteiger partial charge in [0, 0.05) is 39.3 Å². The van der Waals surface area contributed by atoms with Gasteiger partial charge in [0.05, 0.1) is 18.8 Å². The van der Waals surface area contributed by atoms with Crippen LogP contribution in [-0.2, 0) is 17.7 Å². The quantitative estimate of drug-likeness (QED) is 0.443. The minimum absolute atomic E-state index is 0.0982. The number of carboxylic acid groups (broad SMARTS) is 1. The number of hydrogen-bond donors (Lipinski definition) is 2. The van der Waals surface area contributed by atoms with Crippen molar-refractivity contribution < 1.29 is 19.4 Å². The van der Waals surface area contributed by atoms with E-state index >= 15 is 0 Å². The number of morpholine rings is 1. The van der Waals surface area contributed by atoms with Crippen LogP contribution in [0.1, 0.15) is 33.5 Å². The van der Waals surface area contributed by atoms with E-state index in [0.29, 0.717) is 19.6 Å². The molecule has 1 aliphatic rings. The Bertz CT molecular complexity index is 1180. The number of urea groups is 1. The molecular formula is C29H35N3O4. The first-order chi connectivity index (χ1) is 17.5. The van der Waals surface area contributed by atoms with Gasteiger partial charge in [0.25, 0.3) is 0 Å². The van der Waals surface area contributed by atoms with Crippen molar-refractivity contribution in [3.63, 3.8) is 0 Å². The molecule has 1 aliphatic heterocycles. The Morgan fingerprint density at radius 3 is 2.58 bits per heavy atom. The second-order valence-electron chi connectivity index (χ2n) is 9.30. The van der Waals surface area contributed by atoms with Crippen LogP contribution in [0.4, 0.5) is 4.79 Å². The largest absolute Gasteiger partial charge is 0.478 e. The van der Waals surface area contributed by atoms with Crippen molar-refractivity contribution in [3.05, 3.63) is 82.9 Å². The van der Waals surface area contributed by atoms with Gasteiger partial charge in [-0.1, -0.05) is 48.5 Å². The molecule has 4 rings (SSSR count). The number of amides is 2. The highest BCUT2D eigenvalue weighted by Gasteiger charge is 2.17. The van der Waals surface area contributed by atoms with Crippen LogP contribution < -0.4 is 5.32 Å². The number of hydrogen-bond acceptors (Lipinski definition) is 4. The maximum absolute atomic E-state index is 13.3. The molecule has 0 spiro atoms. The van der Waals surface area contributed by atoms with Crippen molar-refractivity contribution in [2.24, 2.45) is 0 Å². The van der Waals surface area contributed by atoms with Crippen molar-refractivity contribution >= 4 is 22.8 Å². The fourth-order valence-corrected chi connectivity index (χ4v) is 4.70. The summed E-state index contributed by atoms with van der Waals surface area (Å²) in [6.45, 7) is 7.78. The third-order valence-corrected chi connectivity index (χ3v) is 6.79. The third-order valence-electron chi connectivity index (χ3n) is 6.79. The monoisotopic (exact) mass is 489 g/mol. The molecule has 36 heavy (non-hydrogen) atoms. The molecular weight excluding hydrogens is 454 g/mol. The first-order valence-corrected chi connectivity index (χ1v) is 12.6. The lowest BCUT2D eigenvalue weighted by Crippen LogP contribution is -2.42. The van der Waals surface area contributed by atoms with Gasteiger partial charge in [0.2, 0.25) is 0 Å². The molecule has 1 fully saturated rings. The molecule has 2 amide bonds. The number of rotatable bonds is 10. The Balaban J connectivity index is 1.39. The van der Waals surface area contributed by atoms with E-state index in [1.807, 2.05) is 30.0 Å². The van der Waals surface area contributed by atoms with Gasteiger partial charge in [-0.2, -0.15) is 0 Å². The Morgan fingerprint density at radius 1 is 1.03 bits per heavy atom. The van der Waals surface area contributed by atoms with Crippen molar-refractivity contribution in [1.29, 1.82) is 0 Å². The van der Waals surface area contributed by atoms with E-state index in [1.54, 1.807) is 12.1 Å². The fraction of sp³-hybridized carbons (Fsp3) is 0.379. The number of aromatic carboxylic acids is 1. The first kappa shape index (κ1) is 25.7. The van der Waals surface area contributed by atoms with Gasteiger partial charge in [-0.05, 0) is 59.4 Å². The molecule has 7 nitrogen and oxygen atoms in total. The molecule has 1 saturated heterocycles. The summed E-state index contributed by atoms with van der Waals surface area (Å²) in [5, 5.41) is 14.8. The average molecular weight is 490 g/mol. The van der Waals surface area contributed by atoms with E-state index < -0.39 is 5.97 Å². The zero-order valence-corrected chi connectivity index (χ0v) is 20.9. The van der Waals surface area contributed by atoms with E-state index in [2.05, 4.69) is 40.5 Å². The number of carboxylic acids is 1. The van der Waals surface area contributed by atoms with Crippen molar-refractivity contribution in [3.8, 4) is 0 Å². The van der Waals surface area contributed by atoms with Gasteiger partial charge in [-0.25, -0.2) is 9.59 Å². The standard InChI is InChI=1S/C29H35N3O4/c1-22-20-25(28(33)34)10-11-26(22)21-32(15-5-14-31-16-18-36-19-17-31)29(35)30-13-12-24-8-4-7-23-6-2-3-9-27(23)24/h2-4,6-11,20H,5,12-19,21H2,1H3,(H,30,35)(H,33,34). The van der Waals surface area contributed by atoms with Crippen LogP contribution >= 0.6 is 0 Å². The Morgan fingerprint density at radius 2 is 1.81 bits per heavy atom. The highest BCUT2D eigenvalue weighted by Crippen LogP contribution is 2.19. The smallest absolute Gasteiger partial charge is 0.335 e. The summed E-state index contributed by atoms with van der Waals surface area (Å²) in [6, 6.07) is 19.6. The fourth-order valence-electron chi connectivity index (χ4n) is 4.70. The van der Waals surface area contributed by atoms with Crippen molar-refractivity contribution in [1.82, 2.24) is 15.1 Å². The predicted molar refractivity (Wildman–Crippen MR) is 141 cm³/mol. The highest BCUT2D eigenvalue weighted by molar-refractivity contribution is 5.88. The van der Waals surface area contributed by atoms with Gasteiger partial charge in [-0.15, -0.1) is 0 Å². The molecule has 1 heterocycles. The zero-order chi connectivity index (χ0) is 25.3. The second kappa shape index (κ2) is 12.5. The van der Waals surface area contributed by atoms with Crippen molar-refractivity contribution in [2.75, 3.05) is 45.9 Å². The van der Waals surface area contributed by atoms with E-state index in [-0.39, 0.29) is 11.6 Å². The molecule has 190 valence electrons. The molecule has 0 bridgehead atoms. The van der Waals surface area contributed by atoms with Crippen LogP contribution in [0.25, 0.3) is 10.8 Å². The van der Waals surface area contributed by atoms with Crippen LogP contribution in [0.3, 0.4) is 0 Å². The number of carbonyl (C=O) groups excluding carboxylic acids is 1. The molecule has 3 aromatic carbocycles. The number of fused-ring (bicyclic) bond motifs is 1. The zero-order valence-electron chi connectivity index (χ0n) is 20.9. The number of ether oxygens (including phenoxy) is 1. The van der Waals surface area contributed by atoms with E-state index in [4.69, 9.17) is 4.74 Å². The summed E-state index contributed by atoms with van der Waals surface area (Å²) in [5.41, 5.74) is 3.30. The van der Waals surface area contributed by atoms with Crippen LogP contribution in [0.5, 0.6) is 0 Å². The van der Waals surface area contributed by atoms with Crippen LogP contribution in [0.2, 0.25) is 0 Å². The van der Waals surface area contributed by atoms with Crippen molar-refractivity contribution in [2.45, 2.75) is 26.3 Å². The SMILES string of the molecule is Cc1cc(C(=O)O)ccc1CN(CCCN1CCOCC1)C(=O)NCCc1cccc2ccccc12. The number of nitrogens with one attached hydrogen (secondary N) is 1. The molecule has 7 heteroatoms. The van der Waals surface area contributed by atoms with E-state index in [1.165, 1.54) is 16.3 Å². The minimum atomic E-state index is -0.946. The third kappa shape index (κ3) is 6.83. The van der Waals surface area contributed by atoms with Gasteiger partial charge in [-0.3, -0.25) is 4.90 Å². The number of carbonyl (C=O) groups is 2. The molecule has 2 N–H and O–H groups in total. The topological polar surface area (TPSA) is 82.1 Å². The lowest BCUT2D eigenvalue weighted by Gasteiger charge is -2.29. The number of nitrogens with zero attached hydrogens (tertiary/aromatic N) is 2. The Labute approximate surface area is 212 Å². The summed E-state index contributed by atoms with van der Waals surface area (Å²) in [5.74, 6) is -0.946. The van der Waals surface area contributed by atoms with Gasteiger partial charge in [0.15, 0.2) is 0 Å². The summed E-state index contributed by atoms with van der Waals surface area (Å²) in [6.07, 6.45) is 1.62. The minimum Gasteiger partial charge on any atom is -0.478 e. The molecule has 0 saturated carbocycles. The molecule has 0 aromatic heterocycles. The molecule has 0 aliphatic carbocycles. The summed E-state index contributed by atoms with van der Waals surface area (Å²) in [4.78, 5) is 28.8. The number of benzene rings is 3. The molecule has 3 aromatic rings. The molecule has 0 atom stereocenters. The normalized spacial score (nSPS) is 14.0. The predicted octanol–water partition coefficient (Wildman–Crippen LogP) is 4.32. The van der Waals surface area contributed by atoms with E-state index in [0.717, 1.165) is 56.8 Å². The molecule has 0 radical (unpaired) electrons. The van der Waals surface area contributed by atoms with Gasteiger partial charge >= 0.3 is 12.0 Å². The highest BCUT2D eigenvalue weighted by atomic mass is 16.5. The summed E-state index contributed by atoms with van der Waals surface area (Å²) in [7, 11) is 0. The maximum Gasteiger partial charge on any atom is 0.335 e. The molecule has 0 unspecified atom stereocenters. The average Bonchev–Trinajstić information content (AvgIpc) is 2.89. The maximum atomic E-state index is 13.3. The van der Waals surface area contributed by atoms with Gasteiger partial charge < -0.3 is 20.1 Å². The summed E-state index contributed by atoms with van der Waals surface area (Å²) < 4.78 is 5.43.